The van der Waals surface area contributed by atoms with E-state index >= 15 is 0 Å². The molecule has 0 unspecified atom stereocenters. The number of carbonyl (C=O) groups is 1. The third kappa shape index (κ3) is 7.51. The molecule has 0 fully saturated rings. The first-order valence-corrected chi connectivity index (χ1v) is 17.3. The number of aromatic nitrogens is 4. The van der Waals surface area contributed by atoms with Crippen LogP contribution in [0.5, 0.6) is 0 Å². The molecule has 0 bridgehead atoms. The smallest absolute Gasteiger partial charge is 0.274 e. The highest BCUT2D eigenvalue weighted by Gasteiger charge is 2.34. The van der Waals surface area contributed by atoms with Crippen molar-refractivity contribution in [2.75, 3.05) is 14.2 Å². The van der Waals surface area contributed by atoms with Crippen molar-refractivity contribution in [1.29, 1.82) is 0 Å². The third-order valence-corrected chi connectivity index (χ3v) is 9.08. The molecule has 1 amide bonds. The molecule has 0 N–H and O–H groups in total. The predicted molar refractivity (Wildman–Crippen MR) is 206 cm³/mol. The highest BCUT2D eigenvalue weighted by molar-refractivity contribution is 6.08. The van der Waals surface area contributed by atoms with Crippen LogP contribution in [-0.4, -0.2) is 44.7 Å². The Balaban J connectivity index is 0.000000167. The molecule has 0 aliphatic rings. The van der Waals surface area contributed by atoms with Crippen molar-refractivity contribution in [3.63, 3.8) is 0 Å². The Kier molecular flexibility index (Phi) is 10.4. The number of fused-ring (bicyclic) bond motifs is 2. The number of rotatable bonds is 8. The largest absolute Gasteiger partial charge is 0.418 e. The van der Waals surface area contributed by atoms with Crippen molar-refractivity contribution in [1.82, 2.24) is 24.6 Å². The molecule has 0 atom stereocenters. The molecule has 10 heteroatoms. The second-order valence-corrected chi connectivity index (χ2v) is 12.6. The van der Waals surface area contributed by atoms with Gasteiger partial charge in [0.1, 0.15) is 11.0 Å². The highest BCUT2D eigenvalue weighted by Crippen LogP contribution is 2.38. The number of hydroxylamine groups is 2. The van der Waals surface area contributed by atoms with Crippen LogP contribution in [0.2, 0.25) is 0 Å². The van der Waals surface area contributed by atoms with Crippen molar-refractivity contribution < 1.29 is 22.8 Å². The fraction of sp³-hybridized carbons (Fsp3) is 0.114. The number of carbonyl (C=O) groups excluding carboxylic acids is 1. The van der Waals surface area contributed by atoms with Crippen LogP contribution in [-0.2, 0) is 24.1 Å². The predicted octanol–water partition coefficient (Wildman–Crippen LogP) is 10.2. The maximum absolute atomic E-state index is 13.4. The van der Waals surface area contributed by atoms with Gasteiger partial charge in [0, 0.05) is 28.9 Å². The standard InChI is InChI=1S/C23H21N3O2.C21H15F3N2/c1-25(28-2)23(27)20-15-9-14-19-21(20)24-26(16-17-10-5-3-6-11-17)22(19)18-12-7-4-8-13-18;22-21(23,24)18-13-7-12-17-19(18)25-26(14-15-8-3-1-4-9-15)20(17)16-10-5-2-6-11-16/h3-15H,16H2,1-2H3;1-13H,14H2. The maximum atomic E-state index is 13.4. The van der Waals surface area contributed by atoms with Gasteiger partial charge in [0.05, 0.1) is 42.7 Å². The molecule has 0 aliphatic carbocycles. The van der Waals surface area contributed by atoms with E-state index < -0.39 is 11.7 Å². The summed E-state index contributed by atoms with van der Waals surface area (Å²) in [7, 11) is 3.07. The summed E-state index contributed by atoms with van der Waals surface area (Å²) in [6.07, 6.45) is -4.45. The van der Waals surface area contributed by atoms with Gasteiger partial charge in [-0.1, -0.05) is 146 Å². The van der Waals surface area contributed by atoms with Crippen molar-refractivity contribution in [3.8, 4) is 22.5 Å². The van der Waals surface area contributed by atoms with Gasteiger partial charge >= 0.3 is 6.18 Å². The minimum atomic E-state index is -4.45. The van der Waals surface area contributed by atoms with E-state index in [-0.39, 0.29) is 11.4 Å². The monoisotopic (exact) mass is 723 g/mol. The van der Waals surface area contributed by atoms with Crippen LogP contribution in [0.15, 0.2) is 158 Å². The number of hydrogen-bond donors (Lipinski definition) is 0. The minimum absolute atomic E-state index is 0.0187. The molecule has 6 aromatic carbocycles. The molecular weight excluding hydrogens is 688 g/mol. The van der Waals surface area contributed by atoms with Crippen molar-refractivity contribution in [2.24, 2.45) is 0 Å². The average molecular weight is 724 g/mol. The molecule has 2 heterocycles. The van der Waals surface area contributed by atoms with E-state index in [1.54, 1.807) is 23.9 Å². The van der Waals surface area contributed by atoms with Crippen molar-refractivity contribution >= 4 is 27.7 Å². The summed E-state index contributed by atoms with van der Waals surface area (Å²) in [5, 5.41) is 11.8. The number of hydrogen-bond acceptors (Lipinski definition) is 4. The third-order valence-electron chi connectivity index (χ3n) is 9.08. The molecule has 7 nitrogen and oxygen atoms in total. The Morgan fingerprint density at radius 3 is 1.48 bits per heavy atom. The normalized spacial score (nSPS) is 11.4. The summed E-state index contributed by atoms with van der Waals surface area (Å²) in [5.74, 6) is -0.225. The molecule has 8 aromatic rings. The Hall–Kier alpha value is -6.52. The first-order valence-electron chi connectivity index (χ1n) is 17.3. The second-order valence-electron chi connectivity index (χ2n) is 12.6. The Bertz CT molecular complexity index is 2500. The summed E-state index contributed by atoms with van der Waals surface area (Å²) >= 11 is 0. The zero-order chi connectivity index (χ0) is 37.7. The molecule has 0 spiro atoms. The number of nitrogens with zero attached hydrogens (tertiary/aromatic N) is 5. The molecule has 2 aromatic heterocycles. The number of benzene rings is 6. The van der Waals surface area contributed by atoms with E-state index in [2.05, 4.69) is 29.4 Å². The van der Waals surface area contributed by atoms with E-state index in [1.807, 2.05) is 114 Å². The van der Waals surface area contributed by atoms with Crippen molar-refractivity contribution in [3.05, 3.63) is 180 Å². The summed E-state index contributed by atoms with van der Waals surface area (Å²) in [6.45, 7) is 1.02. The zero-order valence-electron chi connectivity index (χ0n) is 29.6. The molecule has 0 saturated heterocycles. The Morgan fingerprint density at radius 1 is 0.593 bits per heavy atom. The average Bonchev–Trinajstić information content (AvgIpc) is 3.76. The van der Waals surface area contributed by atoms with Crippen LogP contribution >= 0.6 is 0 Å². The van der Waals surface area contributed by atoms with Gasteiger partial charge in [0.2, 0.25) is 0 Å². The summed E-state index contributed by atoms with van der Waals surface area (Å²) in [6, 6.07) is 49.2. The topological polar surface area (TPSA) is 65.2 Å². The first-order chi connectivity index (χ1) is 26.2. The van der Waals surface area contributed by atoms with Gasteiger partial charge < -0.3 is 0 Å². The SMILES string of the molecule is CON(C)C(=O)c1cccc2c(-c3ccccc3)n(Cc3ccccc3)nc12.FC(F)(F)c1cccc2c(-c3ccccc3)n(Cc3ccccc3)nc12. The van der Waals surface area contributed by atoms with Gasteiger partial charge in [0.25, 0.3) is 5.91 Å². The van der Waals surface area contributed by atoms with Crippen LogP contribution in [0.4, 0.5) is 13.2 Å². The Morgan fingerprint density at radius 2 is 1.02 bits per heavy atom. The van der Waals surface area contributed by atoms with E-state index in [0.29, 0.717) is 35.2 Å². The number of halogens is 3. The van der Waals surface area contributed by atoms with Gasteiger partial charge in [-0.3, -0.25) is 19.0 Å². The fourth-order valence-electron chi connectivity index (χ4n) is 6.50. The zero-order valence-corrected chi connectivity index (χ0v) is 29.6. The lowest BCUT2D eigenvalue weighted by molar-refractivity contribution is -0.136. The summed E-state index contributed by atoms with van der Waals surface area (Å²) in [4.78, 5) is 17.8. The van der Waals surface area contributed by atoms with Crippen LogP contribution in [0.25, 0.3) is 44.3 Å². The molecule has 0 radical (unpaired) electrons. The lowest BCUT2D eigenvalue weighted by Gasteiger charge is -2.13. The molecule has 0 saturated carbocycles. The lowest BCUT2D eigenvalue weighted by Crippen LogP contribution is -2.25. The van der Waals surface area contributed by atoms with E-state index in [4.69, 9.17) is 9.94 Å². The summed E-state index contributed by atoms with van der Waals surface area (Å²) < 4.78 is 43.9. The van der Waals surface area contributed by atoms with Gasteiger partial charge in [-0.2, -0.15) is 23.4 Å². The molecular formula is C44H36F3N5O2. The van der Waals surface area contributed by atoms with Gasteiger partial charge in [-0.15, -0.1) is 0 Å². The quantitative estimate of drug-likeness (QED) is 0.147. The van der Waals surface area contributed by atoms with Crippen LogP contribution in [0.1, 0.15) is 27.0 Å². The molecule has 8 rings (SSSR count). The first kappa shape index (κ1) is 35.9. The molecule has 54 heavy (non-hydrogen) atoms. The van der Waals surface area contributed by atoms with Crippen LogP contribution in [0, 0.1) is 0 Å². The minimum Gasteiger partial charge on any atom is -0.274 e. The lowest BCUT2D eigenvalue weighted by atomic mass is 10.0. The fourth-order valence-corrected chi connectivity index (χ4v) is 6.50. The highest BCUT2D eigenvalue weighted by atomic mass is 19.4. The van der Waals surface area contributed by atoms with Crippen LogP contribution < -0.4 is 0 Å². The second kappa shape index (κ2) is 15.6. The van der Waals surface area contributed by atoms with Crippen molar-refractivity contribution in [2.45, 2.75) is 19.3 Å². The summed E-state index contributed by atoms with van der Waals surface area (Å²) in [5.41, 5.74) is 6.17. The maximum Gasteiger partial charge on any atom is 0.418 e. The number of amides is 1. The molecule has 0 aliphatic heterocycles. The van der Waals surface area contributed by atoms with E-state index in [1.165, 1.54) is 18.2 Å². The molecule has 270 valence electrons. The van der Waals surface area contributed by atoms with Gasteiger partial charge in [0.15, 0.2) is 0 Å². The van der Waals surface area contributed by atoms with Gasteiger partial charge in [-0.25, -0.2) is 5.06 Å². The number of alkyl halides is 3. The van der Waals surface area contributed by atoms with Crippen LogP contribution in [0.3, 0.4) is 0 Å². The van der Waals surface area contributed by atoms with E-state index in [9.17, 15) is 18.0 Å². The van der Waals surface area contributed by atoms with Gasteiger partial charge in [-0.05, 0) is 23.3 Å². The van der Waals surface area contributed by atoms with E-state index in [0.717, 1.165) is 39.4 Å². The Labute approximate surface area is 310 Å².